The van der Waals surface area contributed by atoms with Gasteiger partial charge in [0.05, 0.1) is 67.7 Å². The van der Waals surface area contributed by atoms with Crippen LogP contribution in [0, 0.1) is 22.7 Å². The first-order chi connectivity index (χ1) is 27.2. The molecule has 5 nitrogen and oxygen atoms in total. The van der Waals surface area contributed by atoms with Crippen molar-refractivity contribution in [1.29, 1.82) is 10.5 Å². The molecule has 0 saturated carbocycles. The molecule has 0 spiro atoms. The Morgan fingerprint density at radius 2 is 0.873 bits per heavy atom. The first-order valence-electron chi connectivity index (χ1n) is 18.3. The van der Waals surface area contributed by atoms with E-state index in [0.29, 0.717) is 11.1 Å². The molecule has 0 aliphatic carbocycles. The van der Waals surface area contributed by atoms with Gasteiger partial charge in [-0.05, 0) is 84.4 Å². The Morgan fingerprint density at radius 1 is 0.364 bits per heavy atom. The quantitative estimate of drug-likeness (QED) is 0.184. The third kappa shape index (κ3) is 4.39. The van der Waals surface area contributed by atoms with Crippen molar-refractivity contribution < 1.29 is 0 Å². The minimum Gasteiger partial charge on any atom is -0.309 e. The van der Waals surface area contributed by atoms with Gasteiger partial charge in [-0.15, -0.1) is 0 Å². The lowest BCUT2D eigenvalue weighted by Crippen LogP contribution is -2.00. The van der Waals surface area contributed by atoms with Crippen LogP contribution in [-0.2, 0) is 0 Å². The lowest BCUT2D eigenvalue weighted by Gasteiger charge is -2.17. The van der Waals surface area contributed by atoms with Crippen LogP contribution in [0.25, 0.3) is 93.6 Å². The number of hydrogen-bond acceptors (Lipinski definition) is 2. The van der Waals surface area contributed by atoms with E-state index in [0.717, 1.165) is 82.8 Å². The van der Waals surface area contributed by atoms with E-state index < -0.39 is 0 Å². The normalized spacial score (nSPS) is 11.6. The number of nitrogens with zero attached hydrogens (tertiary/aromatic N) is 5. The standard InChI is InChI=1S/C50H29N5/c51-30-32-23-28-45-40(29-32)38-14-3-5-16-41(38)53(45)35-26-24-33(25-27-35)49-34(31-52)11-9-20-46(49)55-44-19-8-4-15-39(44)50-47(21-10-22-48(50)55)54-42-17-6-1-12-36(42)37-13-2-7-18-43(37)54/h1-29H. The summed E-state index contributed by atoms with van der Waals surface area (Å²) in [7, 11) is 0. The van der Waals surface area contributed by atoms with Crippen LogP contribution in [0.4, 0.5) is 0 Å². The van der Waals surface area contributed by atoms with Gasteiger partial charge < -0.3 is 13.7 Å². The number of benzene rings is 8. The van der Waals surface area contributed by atoms with Gasteiger partial charge in [0.1, 0.15) is 0 Å². The highest BCUT2D eigenvalue weighted by Gasteiger charge is 2.22. The molecule has 0 bridgehead atoms. The zero-order valence-corrected chi connectivity index (χ0v) is 29.5. The highest BCUT2D eigenvalue weighted by atomic mass is 15.0. The number of aromatic nitrogens is 3. The van der Waals surface area contributed by atoms with Gasteiger partial charge in [-0.25, -0.2) is 0 Å². The van der Waals surface area contributed by atoms with Crippen molar-refractivity contribution in [2.24, 2.45) is 0 Å². The molecular formula is C50H29N5. The summed E-state index contributed by atoms with van der Waals surface area (Å²) in [4.78, 5) is 0. The molecule has 3 heterocycles. The van der Waals surface area contributed by atoms with Gasteiger partial charge in [0.25, 0.3) is 0 Å². The summed E-state index contributed by atoms with van der Waals surface area (Å²) in [5.74, 6) is 0. The van der Waals surface area contributed by atoms with E-state index in [1.807, 2.05) is 42.5 Å². The van der Waals surface area contributed by atoms with Crippen molar-refractivity contribution in [1.82, 2.24) is 13.7 Å². The van der Waals surface area contributed by atoms with Crippen molar-refractivity contribution >= 4 is 65.4 Å². The molecule has 0 saturated heterocycles. The SMILES string of the molecule is N#Cc1ccc2c(c1)c1ccccc1n2-c1ccc(-c2c(C#N)cccc2-n2c3ccccc3c3c(-n4c5ccccc5c5ccccc54)cccc32)cc1. The van der Waals surface area contributed by atoms with Crippen LogP contribution in [0.1, 0.15) is 11.1 Å². The van der Waals surface area contributed by atoms with Crippen molar-refractivity contribution in [3.63, 3.8) is 0 Å². The Morgan fingerprint density at radius 3 is 1.53 bits per heavy atom. The number of fused-ring (bicyclic) bond motifs is 9. The largest absolute Gasteiger partial charge is 0.309 e. The maximum absolute atomic E-state index is 10.6. The van der Waals surface area contributed by atoms with Crippen LogP contribution in [0.15, 0.2) is 176 Å². The molecule has 0 aliphatic rings. The lowest BCUT2D eigenvalue weighted by molar-refractivity contribution is 1.16. The minimum atomic E-state index is 0.607. The molecule has 0 atom stereocenters. The average molecular weight is 700 g/mol. The molecule has 0 fully saturated rings. The predicted octanol–water partition coefficient (Wildman–Crippen LogP) is 12.4. The highest BCUT2D eigenvalue weighted by molar-refractivity contribution is 6.17. The maximum Gasteiger partial charge on any atom is 0.0998 e. The molecule has 0 radical (unpaired) electrons. The van der Waals surface area contributed by atoms with Gasteiger partial charge in [-0.3, -0.25) is 0 Å². The smallest absolute Gasteiger partial charge is 0.0998 e. The number of nitriles is 2. The monoisotopic (exact) mass is 699 g/mol. The average Bonchev–Trinajstić information content (AvgIpc) is 3.89. The van der Waals surface area contributed by atoms with Crippen LogP contribution in [-0.4, -0.2) is 13.7 Å². The molecule has 0 N–H and O–H groups in total. The summed E-state index contributed by atoms with van der Waals surface area (Å²) in [5, 5.41) is 27.1. The van der Waals surface area contributed by atoms with Crippen LogP contribution in [0.5, 0.6) is 0 Å². The summed E-state index contributed by atoms with van der Waals surface area (Å²) < 4.78 is 6.96. The van der Waals surface area contributed by atoms with Crippen LogP contribution >= 0.6 is 0 Å². The van der Waals surface area contributed by atoms with Crippen molar-refractivity contribution in [3.8, 4) is 40.3 Å². The topological polar surface area (TPSA) is 62.4 Å². The molecule has 0 aliphatic heterocycles. The fraction of sp³-hybridized carbons (Fsp3) is 0. The van der Waals surface area contributed by atoms with E-state index >= 15 is 0 Å². The first kappa shape index (κ1) is 30.7. The third-order valence-electron chi connectivity index (χ3n) is 11.1. The van der Waals surface area contributed by atoms with E-state index in [1.165, 1.54) is 10.8 Å². The summed E-state index contributed by atoms with van der Waals surface area (Å²) in [6.07, 6.45) is 0. The molecule has 5 heteroatoms. The van der Waals surface area contributed by atoms with Gasteiger partial charge in [-0.2, -0.15) is 10.5 Å². The molecule has 11 rings (SSSR count). The van der Waals surface area contributed by atoms with E-state index in [1.54, 1.807) is 0 Å². The highest BCUT2D eigenvalue weighted by Crippen LogP contribution is 2.42. The molecular weight excluding hydrogens is 671 g/mol. The second-order valence-electron chi connectivity index (χ2n) is 13.9. The summed E-state index contributed by atoms with van der Waals surface area (Å²) >= 11 is 0. The van der Waals surface area contributed by atoms with Crippen molar-refractivity contribution in [2.45, 2.75) is 0 Å². The van der Waals surface area contributed by atoms with Crippen LogP contribution in [0.2, 0.25) is 0 Å². The Balaban J connectivity index is 1.14. The van der Waals surface area contributed by atoms with Gasteiger partial charge in [0.2, 0.25) is 0 Å². The van der Waals surface area contributed by atoms with E-state index in [2.05, 4.69) is 159 Å². The van der Waals surface area contributed by atoms with Gasteiger partial charge >= 0.3 is 0 Å². The van der Waals surface area contributed by atoms with Crippen LogP contribution in [0.3, 0.4) is 0 Å². The van der Waals surface area contributed by atoms with Crippen LogP contribution < -0.4 is 0 Å². The zero-order valence-electron chi connectivity index (χ0n) is 29.5. The number of rotatable bonds is 4. The fourth-order valence-electron chi connectivity index (χ4n) is 8.85. The Labute approximate surface area is 316 Å². The maximum atomic E-state index is 10.6. The lowest BCUT2D eigenvalue weighted by atomic mass is 9.97. The van der Waals surface area contributed by atoms with E-state index in [9.17, 15) is 10.5 Å². The van der Waals surface area contributed by atoms with Gasteiger partial charge in [0, 0.05) is 43.6 Å². The van der Waals surface area contributed by atoms with Gasteiger partial charge in [-0.1, -0.05) is 97.1 Å². The fourth-order valence-corrected chi connectivity index (χ4v) is 8.85. The summed E-state index contributed by atoms with van der Waals surface area (Å²) in [5.41, 5.74) is 12.7. The molecule has 11 aromatic rings. The number of para-hydroxylation sites is 4. The Hall–Kier alpha value is -7.86. The van der Waals surface area contributed by atoms with Crippen molar-refractivity contribution in [2.75, 3.05) is 0 Å². The predicted molar refractivity (Wildman–Crippen MR) is 224 cm³/mol. The summed E-state index contributed by atoms with van der Waals surface area (Å²) in [6, 6.07) is 65.9. The Bertz CT molecular complexity index is 3400. The molecule has 254 valence electrons. The first-order valence-corrected chi connectivity index (χ1v) is 18.3. The molecule has 0 unspecified atom stereocenters. The molecule has 0 amide bonds. The van der Waals surface area contributed by atoms with E-state index in [4.69, 9.17) is 0 Å². The zero-order chi connectivity index (χ0) is 36.6. The van der Waals surface area contributed by atoms with Crippen molar-refractivity contribution in [3.05, 3.63) is 187 Å². The second kappa shape index (κ2) is 11.8. The molecule has 3 aromatic heterocycles. The third-order valence-corrected chi connectivity index (χ3v) is 11.1. The van der Waals surface area contributed by atoms with E-state index in [-0.39, 0.29) is 0 Å². The van der Waals surface area contributed by atoms with Gasteiger partial charge in [0.15, 0.2) is 0 Å². The minimum absolute atomic E-state index is 0.607. The molecule has 8 aromatic carbocycles. The molecule has 55 heavy (non-hydrogen) atoms. The Kier molecular flexibility index (Phi) is 6.61. The number of hydrogen-bond donors (Lipinski definition) is 0. The second-order valence-corrected chi connectivity index (χ2v) is 13.9. The summed E-state index contributed by atoms with van der Waals surface area (Å²) in [6.45, 7) is 0.